The molecule has 0 spiro atoms. The van der Waals surface area contributed by atoms with Crippen molar-refractivity contribution in [2.45, 2.75) is 40.2 Å². The summed E-state index contributed by atoms with van der Waals surface area (Å²) in [7, 11) is 0. The van der Waals surface area contributed by atoms with Crippen molar-refractivity contribution in [1.82, 2.24) is 5.32 Å². The van der Waals surface area contributed by atoms with Gasteiger partial charge in [-0.1, -0.05) is 6.92 Å². The second-order valence-electron chi connectivity index (χ2n) is 5.56. The average molecular weight is 278 g/mol. The fourth-order valence-electron chi connectivity index (χ4n) is 1.88. The molecule has 0 aliphatic rings. The molecule has 0 fully saturated rings. The van der Waals surface area contributed by atoms with E-state index in [4.69, 9.17) is 10.00 Å². The number of benzene rings is 1. The molecule has 110 valence electrons. The minimum absolute atomic E-state index is 0.0228. The maximum absolute atomic E-state index is 13.4. The normalized spacial score (nSPS) is 12.8. The van der Waals surface area contributed by atoms with Crippen molar-refractivity contribution in [3.05, 3.63) is 29.6 Å². The first kappa shape index (κ1) is 16.5. The lowest BCUT2D eigenvalue weighted by Crippen LogP contribution is -2.19. The van der Waals surface area contributed by atoms with E-state index < -0.39 is 5.41 Å². The van der Waals surface area contributed by atoms with Gasteiger partial charge in [0.25, 0.3) is 0 Å². The third kappa shape index (κ3) is 4.82. The van der Waals surface area contributed by atoms with Crippen LogP contribution in [0.3, 0.4) is 0 Å². The first-order chi connectivity index (χ1) is 9.39. The predicted molar refractivity (Wildman–Crippen MR) is 78.0 cm³/mol. The van der Waals surface area contributed by atoms with Gasteiger partial charge in [-0.2, -0.15) is 5.26 Å². The summed E-state index contributed by atoms with van der Waals surface area (Å²) in [6.45, 7) is 8.99. The molecule has 1 rings (SSSR count). The molecule has 0 bridgehead atoms. The van der Waals surface area contributed by atoms with Crippen molar-refractivity contribution in [2.24, 2.45) is 5.41 Å². The summed E-state index contributed by atoms with van der Waals surface area (Å²) in [6, 6.07) is 6.81. The zero-order valence-corrected chi connectivity index (χ0v) is 12.7. The van der Waals surface area contributed by atoms with Gasteiger partial charge in [0, 0.05) is 11.6 Å². The molecule has 0 heterocycles. The van der Waals surface area contributed by atoms with Crippen LogP contribution in [0.15, 0.2) is 18.2 Å². The second-order valence-corrected chi connectivity index (χ2v) is 5.56. The molecular weight excluding hydrogens is 255 g/mol. The fraction of sp³-hybridized carbons (Fsp3) is 0.562. The standard InChI is InChI=1S/C16H23FN2O/c1-5-19-12(2)14-10-13(17)6-7-15(14)20-9-8-16(3,4)11-18/h6-7,10,12,19H,5,8-9H2,1-4H3. The molecule has 0 saturated carbocycles. The smallest absolute Gasteiger partial charge is 0.124 e. The van der Waals surface area contributed by atoms with Gasteiger partial charge in [-0.05, 0) is 51.9 Å². The lowest BCUT2D eigenvalue weighted by molar-refractivity contribution is 0.260. The van der Waals surface area contributed by atoms with Gasteiger partial charge in [0.1, 0.15) is 11.6 Å². The van der Waals surface area contributed by atoms with E-state index in [1.54, 1.807) is 6.07 Å². The number of hydrogen-bond donors (Lipinski definition) is 1. The molecule has 1 atom stereocenters. The van der Waals surface area contributed by atoms with Crippen LogP contribution in [0.4, 0.5) is 4.39 Å². The highest BCUT2D eigenvalue weighted by Crippen LogP contribution is 2.27. The Morgan fingerprint density at radius 2 is 2.15 bits per heavy atom. The van der Waals surface area contributed by atoms with Gasteiger partial charge in [-0.3, -0.25) is 0 Å². The minimum atomic E-state index is -0.409. The van der Waals surface area contributed by atoms with Crippen molar-refractivity contribution in [3.63, 3.8) is 0 Å². The predicted octanol–water partition coefficient (Wildman–Crippen LogP) is 3.81. The van der Waals surface area contributed by atoms with Gasteiger partial charge in [-0.15, -0.1) is 0 Å². The number of hydrogen-bond acceptors (Lipinski definition) is 3. The van der Waals surface area contributed by atoms with Crippen LogP contribution in [-0.2, 0) is 0 Å². The molecule has 1 unspecified atom stereocenters. The van der Waals surface area contributed by atoms with Gasteiger partial charge in [-0.25, -0.2) is 4.39 Å². The minimum Gasteiger partial charge on any atom is -0.493 e. The molecule has 0 aliphatic carbocycles. The lowest BCUT2D eigenvalue weighted by atomic mass is 9.92. The summed E-state index contributed by atoms with van der Waals surface area (Å²) < 4.78 is 19.1. The SMILES string of the molecule is CCNC(C)c1cc(F)ccc1OCCC(C)(C)C#N. The largest absolute Gasteiger partial charge is 0.493 e. The van der Waals surface area contributed by atoms with Crippen molar-refractivity contribution < 1.29 is 9.13 Å². The molecule has 0 radical (unpaired) electrons. The monoisotopic (exact) mass is 278 g/mol. The van der Waals surface area contributed by atoms with Gasteiger partial charge in [0.2, 0.25) is 0 Å². The third-order valence-corrected chi connectivity index (χ3v) is 3.24. The Morgan fingerprint density at radius 3 is 2.75 bits per heavy atom. The van der Waals surface area contributed by atoms with Crippen molar-refractivity contribution in [1.29, 1.82) is 5.26 Å². The van der Waals surface area contributed by atoms with E-state index in [2.05, 4.69) is 11.4 Å². The highest BCUT2D eigenvalue weighted by molar-refractivity contribution is 5.36. The van der Waals surface area contributed by atoms with Crippen LogP contribution in [0.25, 0.3) is 0 Å². The van der Waals surface area contributed by atoms with E-state index in [0.717, 1.165) is 12.1 Å². The summed E-state index contributed by atoms with van der Waals surface area (Å²) >= 11 is 0. The summed E-state index contributed by atoms with van der Waals surface area (Å²) in [5.41, 5.74) is 0.398. The summed E-state index contributed by atoms with van der Waals surface area (Å²) in [5.74, 6) is 0.406. The van der Waals surface area contributed by atoms with Crippen molar-refractivity contribution >= 4 is 0 Å². The molecular formula is C16H23FN2O. The van der Waals surface area contributed by atoms with E-state index in [1.807, 2.05) is 27.7 Å². The highest BCUT2D eigenvalue weighted by atomic mass is 19.1. The number of nitrogens with one attached hydrogen (secondary N) is 1. The number of halogens is 1. The Balaban J connectivity index is 2.77. The van der Waals surface area contributed by atoms with Gasteiger partial charge in [0.05, 0.1) is 18.1 Å². The Hall–Kier alpha value is -1.60. The lowest BCUT2D eigenvalue weighted by Gasteiger charge is -2.20. The van der Waals surface area contributed by atoms with Gasteiger partial charge < -0.3 is 10.1 Å². The van der Waals surface area contributed by atoms with Gasteiger partial charge in [0.15, 0.2) is 0 Å². The van der Waals surface area contributed by atoms with Crippen molar-refractivity contribution in [3.8, 4) is 11.8 Å². The van der Waals surface area contributed by atoms with Crippen LogP contribution in [0.2, 0.25) is 0 Å². The molecule has 0 aliphatic heterocycles. The maximum Gasteiger partial charge on any atom is 0.124 e. The van der Waals surface area contributed by atoms with Crippen LogP contribution in [0.5, 0.6) is 5.75 Å². The zero-order valence-electron chi connectivity index (χ0n) is 12.7. The Bertz CT molecular complexity index is 480. The first-order valence-corrected chi connectivity index (χ1v) is 6.96. The summed E-state index contributed by atoms with van der Waals surface area (Å²) in [6.07, 6.45) is 0.635. The number of nitrogens with zero attached hydrogens (tertiary/aromatic N) is 1. The molecule has 20 heavy (non-hydrogen) atoms. The van der Waals surface area contributed by atoms with E-state index in [9.17, 15) is 4.39 Å². The molecule has 4 heteroatoms. The van der Waals surface area contributed by atoms with Gasteiger partial charge >= 0.3 is 0 Å². The average Bonchev–Trinajstić information content (AvgIpc) is 2.40. The van der Waals surface area contributed by atoms with Crippen LogP contribution < -0.4 is 10.1 Å². The van der Waals surface area contributed by atoms with Crippen LogP contribution >= 0.6 is 0 Å². The Kier molecular flexibility index (Phi) is 5.97. The summed E-state index contributed by atoms with van der Waals surface area (Å²) in [4.78, 5) is 0. The first-order valence-electron chi connectivity index (χ1n) is 6.96. The molecule has 0 amide bonds. The van der Waals surface area contributed by atoms with E-state index >= 15 is 0 Å². The molecule has 3 nitrogen and oxygen atoms in total. The van der Waals surface area contributed by atoms with Crippen LogP contribution in [-0.4, -0.2) is 13.2 Å². The molecule has 0 saturated heterocycles. The quantitative estimate of drug-likeness (QED) is 0.824. The number of rotatable bonds is 7. The van der Waals surface area contributed by atoms with Crippen LogP contribution in [0, 0.1) is 22.6 Å². The number of ether oxygens (including phenoxy) is 1. The zero-order chi connectivity index (χ0) is 15.2. The number of nitriles is 1. The fourth-order valence-corrected chi connectivity index (χ4v) is 1.88. The van der Waals surface area contributed by atoms with Crippen LogP contribution in [0.1, 0.15) is 45.7 Å². The Labute approximate surface area is 120 Å². The van der Waals surface area contributed by atoms with Crippen molar-refractivity contribution in [2.75, 3.05) is 13.2 Å². The topological polar surface area (TPSA) is 45.0 Å². The van der Waals surface area contributed by atoms with E-state index in [-0.39, 0.29) is 11.9 Å². The second kappa shape index (κ2) is 7.25. The summed E-state index contributed by atoms with van der Waals surface area (Å²) in [5, 5.41) is 12.2. The molecule has 1 N–H and O–H groups in total. The molecule has 0 aromatic heterocycles. The van der Waals surface area contributed by atoms with E-state index in [0.29, 0.717) is 18.8 Å². The Morgan fingerprint density at radius 1 is 1.45 bits per heavy atom. The highest BCUT2D eigenvalue weighted by Gasteiger charge is 2.18. The third-order valence-electron chi connectivity index (χ3n) is 3.24. The molecule has 1 aromatic rings. The van der Waals surface area contributed by atoms with E-state index in [1.165, 1.54) is 12.1 Å². The molecule has 1 aromatic carbocycles. The maximum atomic E-state index is 13.4.